The summed E-state index contributed by atoms with van der Waals surface area (Å²) in [6.07, 6.45) is 11.9. The Bertz CT molecular complexity index is 1100. The summed E-state index contributed by atoms with van der Waals surface area (Å²) in [6, 6.07) is 17.4. The molecular weight excluding hydrogens is 340 g/mol. The van der Waals surface area contributed by atoms with E-state index in [0.717, 1.165) is 25.7 Å². The maximum absolute atomic E-state index is 13.9. The summed E-state index contributed by atoms with van der Waals surface area (Å²) >= 11 is 0. The van der Waals surface area contributed by atoms with Gasteiger partial charge in [0.25, 0.3) is 0 Å². The Kier molecular flexibility index (Phi) is 3.44. The van der Waals surface area contributed by atoms with Gasteiger partial charge in [-0.15, -0.1) is 0 Å². The van der Waals surface area contributed by atoms with E-state index in [4.69, 9.17) is 0 Å². The Morgan fingerprint density at radius 3 is 2.50 bits per heavy atom. The number of aryl methyl sites for hydroxylation is 1. The highest BCUT2D eigenvalue weighted by Gasteiger charge is 2.54. The maximum Gasteiger partial charge on any atom is 0.174 e. The van der Waals surface area contributed by atoms with Crippen LogP contribution in [0.4, 0.5) is 0 Å². The lowest BCUT2D eigenvalue weighted by molar-refractivity contribution is -0.117. The monoisotopic (exact) mass is 364 g/mol. The summed E-state index contributed by atoms with van der Waals surface area (Å²) in [5.74, 6) is 0.266. The van der Waals surface area contributed by atoms with Gasteiger partial charge in [-0.3, -0.25) is 4.79 Å². The SMILES string of the molecule is O=C1C=CC2=C(CCCC2)[C@@]12C(c1ccccc1)=C1CCCc3cccc2c31. The first-order valence-electron chi connectivity index (χ1n) is 10.7. The van der Waals surface area contributed by atoms with Crippen molar-refractivity contribution in [3.05, 3.63) is 94.1 Å². The van der Waals surface area contributed by atoms with Crippen LogP contribution < -0.4 is 0 Å². The number of carbonyl (C=O) groups excluding carboxylic acids is 1. The number of fused-ring (bicyclic) bond motifs is 2. The molecular formula is C27H24O. The highest BCUT2D eigenvalue weighted by molar-refractivity contribution is 6.21. The van der Waals surface area contributed by atoms with Gasteiger partial charge in [-0.1, -0.05) is 54.6 Å². The minimum absolute atomic E-state index is 0.266. The third-order valence-electron chi connectivity index (χ3n) is 7.24. The molecule has 0 aromatic heterocycles. The molecule has 138 valence electrons. The predicted molar refractivity (Wildman–Crippen MR) is 114 cm³/mol. The lowest BCUT2D eigenvalue weighted by Crippen LogP contribution is -2.40. The first-order chi connectivity index (χ1) is 13.8. The molecule has 4 aliphatic carbocycles. The van der Waals surface area contributed by atoms with Crippen LogP contribution in [-0.4, -0.2) is 5.78 Å². The van der Waals surface area contributed by atoms with Crippen LogP contribution in [0.2, 0.25) is 0 Å². The third kappa shape index (κ3) is 1.95. The van der Waals surface area contributed by atoms with Crippen molar-refractivity contribution in [2.75, 3.05) is 0 Å². The zero-order valence-corrected chi connectivity index (χ0v) is 16.1. The summed E-state index contributed by atoms with van der Waals surface area (Å²) in [5, 5.41) is 0. The molecule has 0 saturated carbocycles. The lowest BCUT2D eigenvalue weighted by atomic mass is 9.60. The molecule has 0 amide bonds. The van der Waals surface area contributed by atoms with E-state index in [9.17, 15) is 4.79 Å². The van der Waals surface area contributed by atoms with Crippen molar-refractivity contribution in [2.45, 2.75) is 50.4 Å². The third-order valence-corrected chi connectivity index (χ3v) is 7.24. The molecule has 28 heavy (non-hydrogen) atoms. The van der Waals surface area contributed by atoms with Crippen molar-refractivity contribution in [1.82, 2.24) is 0 Å². The van der Waals surface area contributed by atoms with Crippen LogP contribution in [0.25, 0.3) is 11.1 Å². The van der Waals surface area contributed by atoms with Crippen molar-refractivity contribution >= 4 is 16.9 Å². The maximum atomic E-state index is 13.9. The van der Waals surface area contributed by atoms with Crippen LogP contribution in [0.1, 0.15) is 60.8 Å². The molecule has 2 aromatic rings. The number of hydrogen-bond donors (Lipinski definition) is 0. The van der Waals surface area contributed by atoms with Gasteiger partial charge >= 0.3 is 0 Å². The number of carbonyl (C=O) groups is 1. The molecule has 1 atom stereocenters. The topological polar surface area (TPSA) is 17.1 Å². The number of rotatable bonds is 1. The highest BCUT2D eigenvalue weighted by atomic mass is 16.1. The molecule has 0 unspecified atom stereocenters. The summed E-state index contributed by atoms with van der Waals surface area (Å²) in [7, 11) is 0. The molecule has 1 heteroatoms. The molecule has 0 saturated heterocycles. The van der Waals surface area contributed by atoms with Gasteiger partial charge in [0.15, 0.2) is 5.78 Å². The van der Waals surface area contributed by atoms with E-state index < -0.39 is 5.41 Å². The summed E-state index contributed by atoms with van der Waals surface area (Å²) in [5.41, 5.74) is 10.3. The van der Waals surface area contributed by atoms with Gasteiger partial charge in [0, 0.05) is 0 Å². The van der Waals surface area contributed by atoms with Crippen molar-refractivity contribution in [3.8, 4) is 0 Å². The van der Waals surface area contributed by atoms with Crippen molar-refractivity contribution in [3.63, 3.8) is 0 Å². The fourth-order valence-electron chi connectivity index (χ4n) is 6.22. The van der Waals surface area contributed by atoms with Gasteiger partial charge in [0.2, 0.25) is 0 Å². The zero-order chi connectivity index (χ0) is 18.7. The van der Waals surface area contributed by atoms with Crippen LogP contribution in [0.3, 0.4) is 0 Å². The van der Waals surface area contributed by atoms with E-state index in [1.807, 2.05) is 6.08 Å². The van der Waals surface area contributed by atoms with E-state index in [1.54, 1.807) is 0 Å². The molecule has 0 N–H and O–H groups in total. The zero-order valence-electron chi connectivity index (χ0n) is 16.1. The molecule has 1 spiro atoms. The second-order valence-electron chi connectivity index (χ2n) is 8.57. The molecule has 0 bridgehead atoms. The van der Waals surface area contributed by atoms with Crippen LogP contribution in [0, 0.1) is 0 Å². The van der Waals surface area contributed by atoms with Crippen molar-refractivity contribution in [1.29, 1.82) is 0 Å². The Balaban J connectivity index is 1.77. The second-order valence-corrected chi connectivity index (χ2v) is 8.57. The van der Waals surface area contributed by atoms with E-state index in [1.165, 1.54) is 63.8 Å². The number of hydrogen-bond acceptors (Lipinski definition) is 1. The first-order valence-corrected chi connectivity index (χ1v) is 10.7. The molecule has 6 rings (SSSR count). The van der Waals surface area contributed by atoms with Crippen molar-refractivity contribution < 1.29 is 4.79 Å². The molecule has 0 radical (unpaired) electrons. The molecule has 0 aliphatic heterocycles. The molecule has 1 nitrogen and oxygen atoms in total. The predicted octanol–water partition coefficient (Wildman–Crippen LogP) is 6.19. The molecule has 4 aliphatic rings. The molecule has 0 fully saturated rings. The van der Waals surface area contributed by atoms with Crippen LogP contribution >= 0.6 is 0 Å². The molecule has 2 aromatic carbocycles. The van der Waals surface area contributed by atoms with Crippen LogP contribution in [0.15, 0.2) is 71.8 Å². The Labute approximate surface area is 166 Å². The standard InChI is InChI=1S/C27H24O/c28-24-17-16-18-8-4-5-14-22(18)27(24)23-15-7-12-19-11-6-13-21(25(19)23)26(27)20-9-2-1-3-10-20/h1-3,7,9-10,12,15-17H,4-6,8,11,13-14H2/t27-/m0/s1. The summed E-state index contributed by atoms with van der Waals surface area (Å²) < 4.78 is 0. The van der Waals surface area contributed by atoms with Crippen LogP contribution in [-0.2, 0) is 16.6 Å². The summed E-state index contributed by atoms with van der Waals surface area (Å²) in [6.45, 7) is 0. The Morgan fingerprint density at radius 2 is 1.61 bits per heavy atom. The normalized spacial score (nSPS) is 25.4. The number of ketones is 1. The first kappa shape index (κ1) is 16.3. The fourth-order valence-corrected chi connectivity index (χ4v) is 6.22. The smallest absolute Gasteiger partial charge is 0.174 e. The van der Waals surface area contributed by atoms with Gasteiger partial charge in [-0.25, -0.2) is 0 Å². The van der Waals surface area contributed by atoms with Crippen molar-refractivity contribution in [2.24, 2.45) is 0 Å². The minimum Gasteiger partial charge on any atom is -0.293 e. The number of benzene rings is 2. The quantitative estimate of drug-likeness (QED) is 0.589. The van der Waals surface area contributed by atoms with E-state index in [-0.39, 0.29) is 5.78 Å². The number of allylic oxidation sites excluding steroid dienone is 6. The van der Waals surface area contributed by atoms with Gasteiger partial charge in [-0.2, -0.15) is 0 Å². The van der Waals surface area contributed by atoms with Crippen LogP contribution in [0.5, 0.6) is 0 Å². The lowest BCUT2D eigenvalue weighted by Gasteiger charge is -2.40. The minimum atomic E-state index is -0.586. The average molecular weight is 364 g/mol. The van der Waals surface area contributed by atoms with Gasteiger partial charge in [0.1, 0.15) is 5.41 Å². The largest absolute Gasteiger partial charge is 0.293 e. The Hall–Kier alpha value is -2.67. The van der Waals surface area contributed by atoms with Gasteiger partial charge in [0.05, 0.1) is 0 Å². The average Bonchev–Trinajstić information content (AvgIpc) is 3.05. The van der Waals surface area contributed by atoms with E-state index in [0.29, 0.717) is 0 Å². The van der Waals surface area contributed by atoms with E-state index >= 15 is 0 Å². The van der Waals surface area contributed by atoms with Gasteiger partial charge in [-0.05, 0) is 95.6 Å². The highest BCUT2D eigenvalue weighted by Crippen LogP contribution is 2.61. The Morgan fingerprint density at radius 1 is 0.750 bits per heavy atom. The van der Waals surface area contributed by atoms with Gasteiger partial charge < -0.3 is 0 Å². The second kappa shape index (κ2) is 5.91. The molecule has 0 heterocycles. The fraction of sp³-hybridized carbons (Fsp3) is 0.296. The summed E-state index contributed by atoms with van der Waals surface area (Å²) in [4.78, 5) is 13.9. The van der Waals surface area contributed by atoms with E-state index in [2.05, 4.69) is 54.6 Å².